The van der Waals surface area contributed by atoms with Gasteiger partial charge in [-0.25, -0.2) is 0 Å². The van der Waals surface area contributed by atoms with E-state index in [1.54, 1.807) is 0 Å². The molecule has 0 aromatic carbocycles. The van der Waals surface area contributed by atoms with Crippen LogP contribution >= 0.6 is 11.3 Å². The van der Waals surface area contributed by atoms with Crippen LogP contribution in [0.1, 0.15) is 23.6 Å². The van der Waals surface area contributed by atoms with E-state index in [2.05, 4.69) is 38.2 Å². The molecule has 0 saturated heterocycles. The van der Waals surface area contributed by atoms with Gasteiger partial charge in [-0.3, -0.25) is 0 Å². The Labute approximate surface area is 78.8 Å². The van der Waals surface area contributed by atoms with E-state index in [9.17, 15) is 0 Å². The maximum atomic E-state index is 3.31. The molecule has 2 heteroatoms. The third-order valence-electron chi connectivity index (χ3n) is 2.09. The Kier molecular flexibility index (Phi) is 2.91. The van der Waals surface area contributed by atoms with Crippen LogP contribution in [0.5, 0.6) is 0 Å². The lowest BCUT2D eigenvalue weighted by atomic mass is 10.0. The predicted octanol–water partition coefficient (Wildman–Crippen LogP) is 2.60. The van der Waals surface area contributed by atoms with Crippen molar-refractivity contribution in [1.29, 1.82) is 0 Å². The summed E-state index contributed by atoms with van der Waals surface area (Å²) in [7, 11) is 2.01. The molecule has 0 amide bonds. The van der Waals surface area contributed by atoms with Crippen LogP contribution in [0.15, 0.2) is 12.1 Å². The number of thiophene rings is 1. The molecule has 0 spiro atoms. The fourth-order valence-electron chi connectivity index (χ4n) is 1.10. The average Bonchev–Trinajstić information content (AvgIpc) is 2.35. The van der Waals surface area contributed by atoms with E-state index in [-0.39, 0.29) is 5.54 Å². The summed E-state index contributed by atoms with van der Waals surface area (Å²) in [5.74, 6) is 0. The fourth-order valence-corrected chi connectivity index (χ4v) is 2.22. The number of rotatable bonds is 3. The zero-order chi connectivity index (χ0) is 9.19. The van der Waals surface area contributed by atoms with E-state index in [1.807, 2.05) is 18.4 Å². The van der Waals surface area contributed by atoms with Gasteiger partial charge in [0, 0.05) is 15.3 Å². The van der Waals surface area contributed by atoms with E-state index in [0.29, 0.717) is 0 Å². The Morgan fingerprint density at radius 2 is 2.08 bits per heavy atom. The summed E-state index contributed by atoms with van der Waals surface area (Å²) < 4.78 is 0. The van der Waals surface area contributed by atoms with Crippen molar-refractivity contribution in [3.8, 4) is 0 Å². The third-order valence-corrected chi connectivity index (χ3v) is 3.09. The Morgan fingerprint density at radius 3 is 2.50 bits per heavy atom. The molecule has 0 aliphatic rings. The predicted molar refractivity (Wildman–Crippen MR) is 55.9 cm³/mol. The van der Waals surface area contributed by atoms with Gasteiger partial charge in [-0.2, -0.15) is 0 Å². The van der Waals surface area contributed by atoms with E-state index >= 15 is 0 Å². The van der Waals surface area contributed by atoms with Crippen LogP contribution in [0.2, 0.25) is 0 Å². The van der Waals surface area contributed by atoms with Gasteiger partial charge >= 0.3 is 0 Å². The molecule has 0 aliphatic carbocycles. The number of nitrogens with one attached hydrogen (secondary N) is 1. The average molecular weight is 183 g/mol. The Bertz CT molecular complexity index is 250. The number of hydrogen-bond donors (Lipinski definition) is 1. The monoisotopic (exact) mass is 183 g/mol. The first kappa shape index (κ1) is 9.75. The van der Waals surface area contributed by atoms with Gasteiger partial charge in [-0.1, -0.05) is 0 Å². The van der Waals surface area contributed by atoms with Crippen molar-refractivity contribution in [2.75, 3.05) is 7.05 Å². The van der Waals surface area contributed by atoms with Gasteiger partial charge < -0.3 is 5.32 Å². The lowest BCUT2D eigenvalue weighted by Crippen LogP contribution is -2.38. The molecule has 1 nitrogen and oxygen atoms in total. The lowest BCUT2D eigenvalue weighted by molar-refractivity contribution is 0.425. The first-order valence-corrected chi connectivity index (χ1v) is 5.09. The first-order valence-electron chi connectivity index (χ1n) is 4.28. The van der Waals surface area contributed by atoms with Crippen molar-refractivity contribution in [3.05, 3.63) is 21.9 Å². The second kappa shape index (κ2) is 3.58. The number of likely N-dealkylation sites (N-methyl/N-ethyl adjacent to an activating group) is 1. The maximum Gasteiger partial charge on any atom is 0.0170 e. The normalized spacial score (nSPS) is 12.0. The van der Waals surface area contributed by atoms with Gasteiger partial charge in [0.15, 0.2) is 0 Å². The molecule has 0 fully saturated rings. The highest BCUT2D eigenvalue weighted by Crippen LogP contribution is 2.20. The van der Waals surface area contributed by atoms with Gasteiger partial charge in [0.1, 0.15) is 0 Å². The third kappa shape index (κ3) is 2.61. The molecule has 0 radical (unpaired) electrons. The second-order valence-corrected chi connectivity index (χ2v) is 5.20. The van der Waals surface area contributed by atoms with Crippen molar-refractivity contribution in [3.63, 3.8) is 0 Å². The zero-order valence-electron chi connectivity index (χ0n) is 8.27. The minimum absolute atomic E-state index is 0.220. The molecule has 0 bridgehead atoms. The molecule has 0 unspecified atom stereocenters. The summed E-state index contributed by atoms with van der Waals surface area (Å²) in [6, 6.07) is 4.41. The molecule has 1 aromatic heterocycles. The van der Waals surface area contributed by atoms with Crippen LogP contribution in [0.25, 0.3) is 0 Å². The van der Waals surface area contributed by atoms with Gasteiger partial charge in [0.05, 0.1) is 0 Å². The molecule has 68 valence electrons. The van der Waals surface area contributed by atoms with E-state index in [0.717, 1.165) is 6.42 Å². The highest BCUT2D eigenvalue weighted by atomic mass is 32.1. The largest absolute Gasteiger partial charge is 0.314 e. The van der Waals surface area contributed by atoms with Crippen LogP contribution in [-0.4, -0.2) is 12.6 Å². The minimum atomic E-state index is 0.220. The van der Waals surface area contributed by atoms with E-state index < -0.39 is 0 Å². The fraction of sp³-hybridized carbons (Fsp3) is 0.600. The second-order valence-electron chi connectivity index (χ2n) is 3.82. The molecule has 1 aromatic rings. The Hall–Kier alpha value is -0.340. The summed E-state index contributed by atoms with van der Waals surface area (Å²) in [6.45, 7) is 6.60. The quantitative estimate of drug-likeness (QED) is 0.759. The summed E-state index contributed by atoms with van der Waals surface area (Å²) in [4.78, 5) is 2.86. The summed E-state index contributed by atoms with van der Waals surface area (Å²) in [5, 5.41) is 3.31. The van der Waals surface area contributed by atoms with Crippen molar-refractivity contribution in [1.82, 2.24) is 5.32 Å². The summed E-state index contributed by atoms with van der Waals surface area (Å²) >= 11 is 1.89. The molecular formula is C10H17NS. The molecule has 0 atom stereocenters. The number of aryl methyl sites for hydroxylation is 1. The molecule has 0 aliphatic heterocycles. The standard InChI is InChI=1S/C10H17NS/c1-8-5-6-9(12-8)7-10(2,3)11-4/h5-6,11H,7H2,1-4H3. The zero-order valence-corrected chi connectivity index (χ0v) is 9.09. The molecule has 1 rings (SSSR count). The smallest absolute Gasteiger partial charge is 0.0170 e. The lowest BCUT2D eigenvalue weighted by Gasteiger charge is -2.22. The Morgan fingerprint density at radius 1 is 1.42 bits per heavy atom. The molecule has 12 heavy (non-hydrogen) atoms. The minimum Gasteiger partial charge on any atom is -0.314 e. The van der Waals surface area contributed by atoms with Gasteiger partial charge in [0.25, 0.3) is 0 Å². The van der Waals surface area contributed by atoms with Crippen molar-refractivity contribution >= 4 is 11.3 Å². The van der Waals surface area contributed by atoms with Crippen LogP contribution in [0, 0.1) is 6.92 Å². The number of hydrogen-bond acceptors (Lipinski definition) is 2. The van der Waals surface area contributed by atoms with Crippen LogP contribution in [0.4, 0.5) is 0 Å². The van der Waals surface area contributed by atoms with Crippen molar-refractivity contribution < 1.29 is 0 Å². The van der Waals surface area contributed by atoms with Gasteiger partial charge in [-0.15, -0.1) is 11.3 Å². The highest BCUT2D eigenvalue weighted by Gasteiger charge is 2.15. The van der Waals surface area contributed by atoms with E-state index in [4.69, 9.17) is 0 Å². The molecule has 0 saturated carbocycles. The Balaban J connectivity index is 2.63. The first-order chi connectivity index (χ1) is 5.53. The van der Waals surface area contributed by atoms with Crippen LogP contribution < -0.4 is 5.32 Å². The SMILES string of the molecule is CNC(C)(C)Cc1ccc(C)s1. The highest BCUT2D eigenvalue weighted by molar-refractivity contribution is 7.11. The van der Waals surface area contributed by atoms with Gasteiger partial charge in [0.2, 0.25) is 0 Å². The van der Waals surface area contributed by atoms with Crippen molar-refractivity contribution in [2.45, 2.75) is 32.7 Å². The van der Waals surface area contributed by atoms with Crippen LogP contribution in [0.3, 0.4) is 0 Å². The molecule has 1 heterocycles. The van der Waals surface area contributed by atoms with Crippen molar-refractivity contribution in [2.24, 2.45) is 0 Å². The molecule has 1 N–H and O–H groups in total. The maximum absolute atomic E-state index is 3.31. The van der Waals surface area contributed by atoms with Gasteiger partial charge in [-0.05, 0) is 46.4 Å². The van der Waals surface area contributed by atoms with E-state index in [1.165, 1.54) is 9.75 Å². The topological polar surface area (TPSA) is 12.0 Å². The summed E-state index contributed by atoms with van der Waals surface area (Å²) in [6.07, 6.45) is 1.11. The van der Waals surface area contributed by atoms with Crippen LogP contribution in [-0.2, 0) is 6.42 Å². The summed E-state index contributed by atoms with van der Waals surface area (Å²) in [5.41, 5.74) is 0.220. The molecular weight excluding hydrogens is 166 g/mol.